The van der Waals surface area contributed by atoms with Crippen molar-refractivity contribution in [3.8, 4) is 5.75 Å². The molecular formula is C22H15Cl3FN3O3. The third-order valence-electron chi connectivity index (χ3n) is 4.41. The molecule has 164 valence electrons. The quantitative estimate of drug-likeness (QED) is 0.320. The van der Waals surface area contributed by atoms with Crippen LogP contribution < -0.4 is 10.1 Å². The number of ether oxygens (including phenoxy) is 1. The number of hydrogen-bond donors (Lipinski definition) is 1. The van der Waals surface area contributed by atoms with Gasteiger partial charge in [0, 0.05) is 21.8 Å². The van der Waals surface area contributed by atoms with Gasteiger partial charge in [0.05, 0.1) is 6.54 Å². The fourth-order valence-electron chi connectivity index (χ4n) is 2.84. The van der Waals surface area contributed by atoms with E-state index in [1.165, 1.54) is 35.0 Å². The summed E-state index contributed by atoms with van der Waals surface area (Å²) in [5.41, 5.74) is 0.685. The molecule has 0 aliphatic carbocycles. The van der Waals surface area contributed by atoms with E-state index in [4.69, 9.17) is 44.0 Å². The van der Waals surface area contributed by atoms with Crippen molar-refractivity contribution >= 4 is 46.5 Å². The van der Waals surface area contributed by atoms with Gasteiger partial charge in [-0.05, 0) is 48.5 Å². The van der Waals surface area contributed by atoms with Crippen LogP contribution >= 0.6 is 34.8 Å². The van der Waals surface area contributed by atoms with Gasteiger partial charge in [0.25, 0.3) is 5.91 Å². The van der Waals surface area contributed by atoms with Crippen LogP contribution in [0.25, 0.3) is 0 Å². The number of furan rings is 1. The van der Waals surface area contributed by atoms with Gasteiger partial charge in [-0.15, -0.1) is 0 Å². The molecule has 1 amide bonds. The predicted octanol–water partition coefficient (Wildman–Crippen LogP) is 6.46. The lowest BCUT2D eigenvalue weighted by Gasteiger charge is -2.06. The molecule has 6 nitrogen and oxygen atoms in total. The molecule has 2 aromatic heterocycles. The molecule has 0 saturated heterocycles. The van der Waals surface area contributed by atoms with Crippen molar-refractivity contribution in [2.45, 2.75) is 13.2 Å². The van der Waals surface area contributed by atoms with Crippen LogP contribution in [0.4, 0.5) is 10.2 Å². The number of halogens is 4. The Morgan fingerprint density at radius 2 is 1.75 bits per heavy atom. The summed E-state index contributed by atoms with van der Waals surface area (Å²) in [4.78, 5) is 12.5. The summed E-state index contributed by atoms with van der Waals surface area (Å²) in [5.74, 6) is 0.239. The molecular weight excluding hydrogens is 480 g/mol. The minimum Gasteiger partial charge on any atom is -0.486 e. The topological polar surface area (TPSA) is 69.3 Å². The van der Waals surface area contributed by atoms with Gasteiger partial charge in [0.2, 0.25) is 0 Å². The molecule has 32 heavy (non-hydrogen) atoms. The number of rotatable bonds is 7. The molecule has 10 heteroatoms. The monoisotopic (exact) mass is 493 g/mol. The Kier molecular flexibility index (Phi) is 6.69. The van der Waals surface area contributed by atoms with Crippen LogP contribution in [-0.4, -0.2) is 15.7 Å². The SMILES string of the molecule is O=C(Nc1nn(Cc2c(Cl)cccc2Cl)cc1Cl)c1ccc(COc2ccc(F)cc2)o1. The molecule has 4 rings (SSSR count). The Bertz CT molecular complexity index is 1230. The van der Waals surface area contributed by atoms with E-state index in [1.54, 1.807) is 30.5 Å². The van der Waals surface area contributed by atoms with E-state index in [2.05, 4.69) is 10.4 Å². The molecule has 0 radical (unpaired) electrons. The summed E-state index contributed by atoms with van der Waals surface area (Å²) in [6.45, 7) is 0.354. The largest absolute Gasteiger partial charge is 0.486 e. The molecule has 0 aliphatic rings. The van der Waals surface area contributed by atoms with E-state index in [0.29, 0.717) is 27.1 Å². The molecule has 0 saturated carbocycles. The number of benzene rings is 2. The molecule has 0 atom stereocenters. The van der Waals surface area contributed by atoms with Gasteiger partial charge < -0.3 is 14.5 Å². The molecule has 0 spiro atoms. The molecule has 0 unspecified atom stereocenters. The maximum absolute atomic E-state index is 12.9. The lowest BCUT2D eigenvalue weighted by Crippen LogP contribution is -2.12. The first-order valence-electron chi connectivity index (χ1n) is 9.33. The molecule has 0 fully saturated rings. The van der Waals surface area contributed by atoms with E-state index in [0.717, 1.165) is 0 Å². The van der Waals surface area contributed by atoms with Crippen LogP contribution in [0.1, 0.15) is 21.9 Å². The van der Waals surface area contributed by atoms with Crippen molar-refractivity contribution in [3.05, 3.63) is 98.8 Å². The Morgan fingerprint density at radius 3 is 2.47 bits per heavy atom. The van der Waals surface area contributed by atoms with Crippen LogP contribution in [0.3, 0.4) is 0 Å². The number of carbonyl (C=O) groups is 1. The number of nitrogens with one attached hydrogen (secondary N) is 1. The Hall–Kier alpha value is -3.00. The number of hydrogen-bond acceptors (Lipinski definition) is 4. The lowest BCUT2D eigenvalue weighted by molar-refractivity contribution is 0.0992. The smallest absolute Gasteiger partial charge is 0.292 e. The highest BCUT2D eigenvalue weighted by molar-refractivity contribution is 6.36. The number of anilines is 1. The first kappa shape index (κ1) is 22.2. The number of aromatic nitrogens is 2. The van der Waals surface area contributed by atoms with Gasteiger partial charge in [-0.25, -0.2) is 4.39 Å². The maximum Gasteiger partial charge on any atom is 0.292 e. The third-order valence-corrected chi connectivity index (χ3v) is 5.40. The highest BCUT2D eigenvalue weighted by atomic mass is 35.5. The summed E-state index contributed by atoms with van der Waals surface area (Å²) < 4.78 is 25.5. The maximum atomic E-state index is 12.9. The van der Waals surface area contributed by atoms with Crippen molar-refractivity contribution in [2.24, 2.45) is 0 Å². The van der Waals surface area contributed by atoms with Crippen molar-refractivity contribution < 1.29 is 18.3 Å². The van der Waals surface area contributed by atoms with Gasteiger partial charge in [-0.2, -0.15) is 5.10 Å². The third kappa shape index (κ3) is 5.24. The Morgan fingerprint density at radius 1 is 1.03 bits per heavy atom. The average Bonchev–Trinajstić information content (AvgIpc) is 3.37. The second kappa shape index (κ2) is 9.65. The highest BCUT2D eigenvalue weighted by Crippen LogP contribution is 2.27. The van der Waals surface area contributed by atoms with Crippen molar-refractivity contribution in [2.75, 3.05) is 5.32 Å². The standard InChI is InChI=1S/C22H15Cl3FN3O3/c23-17-2-1-3-18(24)16(17)10-29-11-19(25)21(28-29)27-22(30)20-9-8-15(32-20)12-31-14-6-4-13(26)5-7-14/h1-9,11H,10,12H2,(H,27,28,30). The van der Waals surface area contributed by atoms with E-state index in [9.17, 15) is 9.18 Å². The summed E-state index contributed by atoms with van der Waals surface area (Å²) in [6.07, 6.45) is 1.56. The van der Waals surface area contributed by atoms with E-state index in [1.807, 2.05) is 0 Å². The Balaban J connectivity index is 1.39. The molecule has 4 aromatic rings. The molecule has 2 heterocycles. The normalized spacial score (nSPS) is 10.9. The minimum atomic E-state index is -0.527. The number of nitrogens with zero attached hydrogens (tertiary/aromatic N) is 2. The molecule has 0 bridgehead atoms. The van der Waals surface area contributed by atoms with Crippen molar-refractivity contribution in [1.82, 2.24) is 9.78 Å². The van der Waals surface area contributed by atoms with Gasteiger partial charge in [0.1, 0.15) is 29.0 Å². The first-order chi connectivity index (χ1) is 15.4. The summed E-state index contributed by atoms with van der Waals surface area (Å²) in [5, 5.41) is 8.14. The molecule has 1 N–H and O–H groups in total. The minimum absolute atomic E-state index is 0.0578. The second-order valence-corrected chi connectivity index (χ2v) is 7.91. The summed E-state index contributed by atoms with van der Waals surface area (Å²) in [7, 11) is 0. The molecule has 0 aliphatic heterocycles. The van der Waals surface area contributed by atoms with Gasteiger partial charge >= 0.3 is 0 Å². The van der Waals surface area contributed by atoms with Gasteiger partial charge in [-0.3, -0.25) is 9.48 Å². The zero-order valence-electron chi connectivity index (χ0n) is 16.3. The second-order valence-electron chi connectivity index (χ2n) is 6.69. The van der Waals surface area contributed by atoms with E-state index in [-0.39, 0.29) is 35.6 Å². The first-order valence-corrected chi connectivity index (χ1v) is 10.5. The Labute approximate surface area is 197 Å². The molecule has 2 aromatic carbocycles. The van der Waals surface area contributed by atoms with Gasteiger partial charge in [-0.1, -0.05) is 40.9 Å². The van der Waals surface area contributed by atoms with Crippen molar-refractivity contribution in [3.63, 3.8) is 0 Å². The van der Waals surface area contributed by atoms with Crippen LogP contribution in [-0.2, 0) is 13.2 Å². The zero-order valence-corrected chi connectivity index (χ0v) is 18.6. The summed E-state index contributed by atoms with van der Waals surface area (Å²) in [6, 6.07) is 13.9. The fraction of sp³-hybridized carbons (Fsp3) is 0.0909. The average molecular weight is 495 g/mol. The number of carbonyl (C=O) groups excluding carboxylic acids is 1. The van der Waals surface area contributed by atoms with Gasteiger partial charge in [0.15, 0.2) is 11.6 Å². The zero-order chi connectivity index (χ0) is 22.7. The highest BCUT2D eigenvalue weighted by Gasteiger charge is 2.17. The summed E-state index contributed by atoms with van der Waals surface area (Å²) >= 11 is 18.6. The fourth-order valence-corrected chi connectivity index (χ4v) is 3.55. The van der Waals surface area contributed by atoms with Crippen LogP contribution in [0, 0.1) is 5.82 Å². The van der Waals surface area contributed by atoms with Crippen LogP contribution in [0.2, 0.25) is 15.1 Å². The van der Waals surface area contributed by atoms with E-state index < -0.39 is 5.91 Å². The van der Waals surface area contributed by atoms with Crippen molar-refractivity contribution in [1.29, 1.82) is 0 Å². The van der Waals surface area contributed by atoms with Crippen LogP contribution in [0.5, 0.6) is 5.75 Å². The van der Waals surface area contributed by atoms with E-state index >= 15 is 0 Å². The van der Waals surface area contributed by atoms with Crippen LogP contribution in [0.15, 0.2) is 65.2 Å². The lowest BCUT2D eigenvalue weighted by atomic mass is 10.2. The predicted molar refractivity (Wildman–Crippen MR) is 120 cm³/mol. The number of amides is 1.